The van der Waals surface area contributed by atoms with E-state index in [9.17, 15) is 10.2 Å². The fourth-order valence-electron chi connectivity index (χ4n) is 0.902. The van der Waals surface area contributed by atoms with Gasteiger partial charge in [-0.05, 0) is 0 Å². The van der Waals surface area contributed by atoms with Crippen LogP contribution in [0.1, 0.15) is 13.3 Å². The van der Waals surface area contributed by atoms with Crippen molar-refractivity contribution >= 4 is 0 Å². The molecule has 0 fully saturated rings. The molecule has 0 aliphatic heterocycles. The third-order valence-electron chi connectivity index (χ3n) is 1.68. The van der Waals surface area contributed by atoms with Gasteiger partial charge in [0.25, 0.3) is 0 Å². The van der Waals surface area contributed by atoms with Crippen molar-refractivity contribution in [2.75, 3.05) is 13.1 Å². The molecule has 2 N–H and O–H groups in total. The first-order valence-corrected chi connectivity index (χ1v) is 4.00. The van der Waals surface area contributed by atoms with E-state index in [1.54, 1.807) is 19.1 Å². The van der Waals surface area contributed by atoms with Gasteiger partial charge in [-0.15, -0.1) is 13.2 Å². The van der Waals surface area contributed by atoms with Gasteiger partial charge >= 0.3 is 0 Å². The highest BCUT2D eigenvalue weighted by Crippen LogP contribution is 2.11. The second-order valence-corrected chi connectivity index (χ2v) is 2.61. The predicted molar refractivity (Wildman–Crippen MR) is 49.4 cm³/mol. The molecule has 0 amide bonds. The maximum atomic E-state index is 9.43. The van der Waals surface area contributed by atoms with E-state index in [-0.39, 0.29) is 6.42 Å². The van der Waals surface area contributed by atoms with Crippen molar-refractivity contribution in [1.82, 2.24) is 4.90 Å². The Kier molecular flexibility index (Phi) is 4.81. The maximum absolute atomic E-state index is 9.43. The van der Waals surface area contributed by atoms with Crippen LogP contribution in [0.2, 0.25) is 0 Å². The quantitative estimate of drug-likeness (QED) is 0.457. The number of hydrogen-bond donors (Lipinski definition) is 2. The molecule has 0 bridgehead atoms. The zero-order chi connectivity index (χ0) is 9.61. The summed E-state index contributed by atoms with van der Waals surface area (Å²) in [5.74, 6) is -1.75. The molecule has 0 unspecified atom stereocenters. The predicted octanol–water partition coefficient (Wildman–Crippen LogP) is 0.709. The molecule has 0 aliphatic carbocycles. The Labute approximate surface area is 73.6 Å². The zero-order valence-corrected chi connectivity index (χ0v) is 7.53. The summed E-state index contributed by atoms with van der Waals surface area (Å²) >= 11 is 0. The fraction of sp³-hybridized carbons (Fsp3) is 0.556. The smallest absolute Gasteiger partial charge is 0.225 e. The van der Waals surface area contributed by atoms with Crippen molar-refractivity contribution in [3.63, 3.8) is 0 Å². The lowest BCUT2D eigenvalue weighted by Gasteiger charge is -2.32. The Morgan fingerprint density at radius 1 is 1.25 bits per heavy atom. The summed E-state index contributed by atoms with van der Waals surface area (Å²) in [6.07, 6.45) is 3.51. The lowest BCUT2D eigenvalue weighted by molar-refractivity contribution is -0.259. The van der Waals surface area contributed by atoms with Crippen molar-refractivity contribution in [3.05, 3.63) is 25.3 Å². The van der Waals surface area contributed by atoms with Crippen molar-refractivity contribution in [2.24, 2.45) is 0 Å². The van der Waals surface area contributed by atoms with Crippen LogP contribution in [-0.4, -0.2) is 34.1 Å². The lowest BCUT2D eigenvalue weighted by atomic mass is 10.3. The topological polar surface area (TPSA) is 43.7 Å². The molecule has 0 saturated heterocycles. The highest BCUT2D eigenvalue weighted by Gasteiger charge is 2.27. The maximum Gasteiger partial charge on any atom is 0.225 e. The van der Waals surface area contributed by atoms with Crippen LogP contribution in [-0.2, 0) is 0 Å². The zero-order valence-electron chi connectivity index (χ0n) is 7.53. The summed E-state index contributed by atoms with van der Waals surface area (Å²) < 4.78 is 0. The van der Waals surface area contributed by atoms with E-state index in [4.69, 9.17) is 0 Å². The second-order valence-electron chi connectivity index (χ2n) is 2.61. The molecule has 70 valence electrons. The van der Waals surface area contributed by atoms with Crippen LogP contribution in [0.15, 0.2) is 25.3 Å². The van der Waals surface area contributed by atoms with E-state index in [1.807, 2.05) is 0 Å². The fourth-order valence-corrected chi connectivity index (χ4v) is 0.902. The molecule has 3 heteroatoms. The summed E-state index contributed by atoms with van der Waals surface area (Å²) in [7, 11) is 0. The van der Waals surface area contributed by atoms with Gasteiger partial charge in [-0.2, -0.15) is 0 Å². The Hall–Kier alpha value is -0.640. The number of hydrogen-bond acceptors (Lipinski definition) is 3. The van der Waals surface area contributed by atoms with Crippen molar-refractivity contribution in [2.45, 2.75) is 19.3 Å². The van der Waals surface area contributed by atoms with Crippen molar-refractivity contribution < 1.29 is 10.2 Å². The van der Waals surface area contributed by atoms with Gasteiger partial charge in [0.2, 0.25) is 5.91 Å². The Morgan fingerprint density at radius 2 is 1.67 bits per heavy atom. The van der Waals surface area contributed by atoms with Crippen LogP contribution in [0.25, 0.3) is 0 Å². The molecule has 0 aliphatic rings. The summed E-state index contributed by atoms with van der Waals surface area (Å²) in [6, 6.07) is 0. The minimum absolute atomic E-state index is 0.259. The first-order chi connectivity index (χ1) is 5.58. The molecule has 12 heavy (non-hydrogen) atoms. The summed E-state index contributed by atoms with van der Waals surface area (Å²) in [5, 5.41) is 18.9. The molecule has 0 aromatic heterocycles. The second kappa shape index (κ2) is 5.09. The summed E-state index contributed by atoms with van der Waals surface area (Å²) in [6.45, 7) is 9.65. The molecule has 0 saturated carbocycles. The largest absolute Gasteiger partial charge is 0.353 e. The van der Waals surface area contributed by atoms with E-state index in [0.29, 0.717) is 13.1 Å². The number of nitrogens with zero attached hydrogens (tertiary/aromatic N) is 1. The average Bonchev–Trinajstić information content (AvgIpc) is 2.04. The van der Waals surface area contributed by atoms with Gasteiger partial charge < -0.3 is 10.2 Å². The van der Waals surface area contributed by atoms with Crippen LogP contribution in [0.5, 0.6) is 0 Å². The van der Waals surface area contributed by atoms with E-state index in [0.717, 1.165) is 0 Å². The lowest BCUT2D eigenvalue weighted by Crippen LogP contribution is -2.48. The molecular formula is C9H17NO2. The Balaban J connectivity index is 4.25. The first kappa shape index (κ1) is 11.4. The third kappa shape index (κ3) is 3.17. The van der Waals surface area contributed by atoms with Gasteiger partial charge in [-0.3, -0.25) is 0 Å². The van der Waals surface area contributed by atoms with Crippen LogP contribution >= 0.6 is 0 Å². The molecule has 3 nitrogen and oxygen atoms in total. The highest BCUT2D eigenvalue weighted by atomic mass is 16.5. The van der Waals surface area contributed by atoms with Gasteiger partial charge in [0.15, 0.2) is 0 Å². The molecule has 0 spiro atoms. The van der Waals surface area contributed by atoms with Gasteiger partial charge in [0.05, 0.1) is 0 Å². The van der Waals surface area contributed by atoms with Crippen LogP contribution in [0.4, 0.5) is 0 Å². The standard InChI is InChI=1S/C9H17NO2/c1-4-7-10(8-5-2)9(11,12)6-3/h4-5,11-12H,1-2,6-8H2,3H3. The summed E-state index contributed by atoms with van der Waals surface area (Å²) in [5.41, 5.74) is 0. The summed E-state index contributed by atoms with van der Waals surface area (Å²) in [4.78, 5) is 1.48. The Bertz CT molecular complexity index is 145. The number of rotatable bonds is 6. The van der Waals surface area contributed by atoms with E-state index in [1.165, 1.54) is 4.90 Å². The van der Waals surface area contributed by atoms with Gasteiger partial charge in [-0.25, -0.2) is 4.90 Å². The minimum Gasteiger partial charge on any atom is -0.353 e. The van der Waals surface area contributed by atoms with Gasteiger partial charge in [0, 0.05) is 19.5 Å². The first-order valence-electron chi connectivity index (χ1n) is 4.00. The molecule has 0 rings (SSSR count). The van der Waals surface area contributed by atoms with Gasteiger partial charge in [0.1, 0.15) is 0 Å². The van der Waals surface area contributed by atoms with E-state index < -0.39 is 5.91 Å². The molecule has 0 radical (unpaired) electrons. The average molecular weight is 171 g/mol. The monoisotopic (exact) mass is 171 g/mol. The van der Waals surface area contributed by atoms with Gasteiger partial charge in [-0.1, -0.05) is 19.1 Å². The normalized spacial score (nSPS) is 11.7. The SMILES string of the molecule is C=CCN(CC=C)C(O)(O)CC. The minimum atomic E-state index is -1.75. The van der Waals surface area contributed by atoms with Crippen molar-refractivity contribution in [3.8, 4) is 0 Å². The van der Waals surface area contributed by atoms with E-state index >= 15 is 0 Å². The van der Waals surface area contributed by atoms with Crippen LogP contribution in [0.3, 0.4) is 0 Å². The van der Waals surface area contributed by atoms with Crippen molar-refractivity contribution in [1.29, 1.82) is 0 Å². The highest BCUT2D eigenvalue weighted by molar-refractivity contribution is 4.83. The molecule has 0 aromatic carbocycles. The van der Waals surface area contributed by atoms with E-state index in [2.05, 4.69) is 13.2 Å². The number of aliphatic hydroxyl groups is 2. The third-order valence-corrected chi connectivity index (χ3v) is 1.68. The van der Waals surface area contributed by atoms with Crippen LogP contribution in [0, 0.1) is 0 Å². The molecule has 0 atom stereocenters. The Morgan fingerprint density at radius 3 is 1.92 bits per heavy atom. The van der Waals surface area contributed by atoms with Crippen LogP contribution < -0.4 is 0 Å². The molecular weight excluding hydrogens is 154 g/mol. The molecule has 0 aromatic rings. The molecule has 0 heterocycles.